The lowest BCUT2D eigenvalue weighted by Gasteiger charge is -2.10. The van der Waals surface area contributed by atoms with Crippen molar-refractivity contribution in [3.05, 3.63) is 98.9 Å². The molecule has 0 aliphatic heterocycles. The Morgan fingerprint density at radius 3 is 2.30 bits per heavy atom. The van der Waals surface area contributed by atoms with Crippen molar-refractivity contribution in [3.63, 3.8) is 0 Å². The number of ketones is 1. The van der Waals surface area contributed by atoms with Crippen molar-refractivity contribution in [2.75, 3.05) is 6.61 Å². The van der Waals surface area contributed by atoms with Crippen LogP contribution in [-0.4, -0.2) is 12.4 Å². The van der Waals surface area contributed by atoms with Crippen LogP contribution in [0.4, 0.5) is 0 Å². The lowest BCUT2D eigenvalue weighted by molar-refractivity contribution is 0.0921. The SMILES string of the molecule is Cc1c(C)c2cc(Cl)c(OCC(=O)c3ccc(-c4ccccc4)cc3)cc2oc1=O. The van der Waals surface area contributed by atoms with Gasteiger partial charge in [-0.25, -0.2) is 4.79 Å². The number of carbonyl (C=O) groups excluding carboxylic acids is 1. The largest absolute Gasteiger partial charge is 0.484 e. The lowest BCUT2D eigenvalue weighted by atomic mass is 10.0. The Bertz CT molecular complexity index is 1290. The van der Waals surface area contributed by atoms with E-state index in [4.69, 9.17) is 20.8 Å². The molecule has 0 spiro atoms. The summed E-state index contributed by atoms with van der Waals surface area (Å²) in [6, 6.07) is 20.6. The predicted molar refractivity (Wildman–Crippen MR) is 119 cm³/mol. The van der Waals surface area contributed by atoms with Crippen LogP contribution in [0.15, 0.2) is 75.9 Å². The number of carbonyl (C=O) groups is 1. The Kier molecular flexibility index (Phi) is 5.42. The Balaban J connectivity index is 1.52. The van der Waals surface area contributed by atoms with Crippen LogP contribution in [0.5, 0.6) is 5.75 Å². The van der Waals surface area contributed by atoms with Gasteiger partial charge in [-0.3, -0.25) is 4.79 Å². The van der Waals surface area contributed by atoms with Gasteiger partial charge in [-0.2, -0.15) is 0 Å². The lowest BCUT2D eigenvalue weighted by Crippen LogP contribution is -2.12. The molecule has 0 atom stereocenters. The number of hydrogen-bond donors (Lipinski definition) is 0. The molecule has 4 aromatic rings. The Morgan fingerprint density at radius 2 is 1.60 bits per heavy atom. The fourth-order valence-electron chi connectivity index (χ4n) is 3.26. The van der Waals surface area contributed by atoms with E-state index >= 15 is 0 Å². The third kappa shape index (κ3) is 3.87. The van der Waals surface area contributed by atoms with Gasteiger partial charge in [0.2, 0.25) is 0 Å². The second-order valence-corrected chi connectivity index (χ2v) is 7.48. The van der Waals surface area contributed by atoms with Gasteiger partial charge in [0.1, 0.15) is 11.3 Å². The molecule has 5 heteroatoms. The first-order chi connectivity index (χ1) is 14.4. The maximum absolute atomic E-state index is 12.6. The van der Waals surface area contributed by atoms with Crippen LogP contribution >= 0.6 is 11.6 Å². The van der Waals surface area contributed by atoms with E-state index < -0.39 is 5.63 Å². The van der Waals surface area contributed by atoms with Crippen LogP contribution in [0.3, 0.4) is 0 Å². The first-order valence-corrected chi connectivity index (χ1v) is 9.87. The van der Waals surface area contributed by atoms with Crippen molar-refractivity contribution in [2.45, 2.75) is 13.8 Å². The van der Waals surface area contributed by atoms with E-state index in [0.717, 1.165) is 22.1 Å². The monoisotopic (exact) mass is 418 g/mol. The zero-order valence-electron chi connectivity index (χ0n) is 16.6. The number of rotatable bonds is 5. The first-order valence-electron chi connectivity index (χ1n) is 9.49. The van der Waals surface area contributed by atoms with Gasteiger partial charge in [-0.1, -0.05) is 66.2 Å². The smallest absolute Gasteiger partial charge is 0.339 e. The average Bonchev–Trinajstić information content (AvgIpc) is 2.77. The molecule has 0 radical (unpaired) electrons. The van der Waals surface area contributed by atoms with Crippen molar-refractivity contribution in [1.29, 1.82) is 0 Å². The highest BCUT2D eigenvalue weighted by Gasteiger charge is 2.14. The van der Waals surface area contributed by atoms with E-state index in [9.17, 15) is 9.59 Å². The molecular weight excluding hydrogens is 400 g/mol. The topological polar surface area (TPSA) is 56.5 Å². The first kappa shape index (κ1) is 19.9. The summed E-state index contributed by atoms with van der Waals surface area (Å²) in [6.07, 6.45) is 0. The van der Waals surface area contributed by atoms with Crippen molar-refractivity contribution in [2.24, 2.45) is 0 Å². The van der Waals surface area contributed by atoms with Crippen LogP contribution in [0.1, 0.15) is 21.5 Å². The highest BCUT2D eigenvalue weighted by molar-refractivity contribution is 6.32. The quantitative estimate of drug-likeness (QED) is 0.295. The molecular formula is C25H19ClO4. The van der Waals surface area contributed by atoms with Crippen LogP contribution < -0.4 is 10.4 Å². The maximum Gasteiger partial charge on any atom is 0.339 e. The van der Waals surface area contributed by atoms with Gasteiger partial charge in [-0.15, -0.1) is 0 Å². The van der Waals surface area contributed by atoms with E-state index in [0.29, 0.717) is 27.5 Å². The molecule has 150 valence electrons. The molecule has 4 nitrogen and oxygen atoms in total. The predicted octanol–water partition coefficient (Wildman–Crippen LogP) is 5.99. The Hall–Kier alpha value is -3.37. The minimum atomic E-state index is -0.400. The molecule has 30 heavy (non-hydrogen) atoms. The Labute approximate surface area is 178 Å². The summed E-state index contributed by atoms with van der Waals surface area (Å²) in [5, 5.41) is 1.10. The minimum absolute atomic E-state index is 0.174. The van der Waals surface area contributed by atoms with Crippen LogP contribution in [-0.2, 0) is 0 Å². The maximum atomic E-state index is 12.6. The minimum Gasteiger partial charge on any atom is -0.484 e. The van der Waals surface area contributed by atoms with Gasteiger partial charge >= 0.3 is 5.63 Å². The van der Waals surface area contributed by atoms with E-state index in [1.165, 1.54) is 0 Å². The molecule has 0 saturated heterocycles. The number of Topliss-reactive ketones (excluding diaryl/α,β-unsaturated/α-hetero) is 1. The zero-order chi connectivity index (χ0) is 21.3. The molecule has 0 saturated carbocycles. The van der Waals surface area contributed by atoms with Crippen LogP contribution in [0.25, 0.3) is 22.1 Å². The average molecular weight is 419 g/mol. The number of aryl methyl sites for hydroxylation is 1. The molecule has 0 N–H and O–H groups in total. The molecule has 0 unspecified atom stereocenters. The fourth-order valence-corrected chi connectivity index (χ4v) is 3.48. The third-order valence-corrected chi connectivity index (χ3v) is 5.48. The van der Waals surface area contributed by atoms with Gasteiger partial charge < -0.3 is 9.15 Å². The summed E-state index contributed by atoms with van der Waals surface area (Å²) < 4.78 is 11.0. The van der Waals surface area contributed by atoms with E-state index in [1.807, 2.05) is 49.4 Å². The van der Waals surface area contributed by atoms with Crippen molar-refractivity contribution < 1.29 is 13.9 Å². The summed E-state index contributed by atoms with van der Waals surface area (Å²) in [6.45, 7) is 3.37. The number of ether oxygens (including phenoxy) is 1. The van der Waals surface area contributed by atoms with Crippen molar-refractivity contribution >= 4 is 28.4 Å². The standard InChI is InChI=1S/C25H19ClO4/c1-15-16(2)25(28)30-23-13-24(21(26)12-20(15)23)29-14-22(27)19-10-8-18(9-11-19)17-6-4-3-5-7-17/h3-13H,14H2,1-2H3. The van der Waals surface area contributed by atoms with Crippen LogP contribution in [0, 0.1) is 13.8 Å². The molecule has 4 rings (SSSR count). The highest BCUT2D eigenvalue weighted by atomic mass is 35.5. The number of benzene rings is 3. The number of fused-ring (bicyclic) bond motifs is 1. The molecule has 0 fully saturated rings. The summed E-state index contributed by atoms with van der Waals surface area (Å²) in [7, 11) is 0. The second-order valence-electron chi connectivity index (χ2n) is 7.07. The van der Waals surface area contributed by atoms with Gasteiger partial charge in [0.15, 0.2) is 12.4 Å². The summed E-state index contributed by atoms with van der Waals surface area (Å²) >= 11 is 6.33. The highest BCUT2D eigenvalue weighted by Crippen LogP contribution is 2.32. The summed E-state index contributed by atoms with van der Waals surface area (Å²) in [5.74, 6) is 0.122. The van der Waals surface area contributed by atoms with Gasteiger partial charge in [0, 0.05) is 22.6 Å². The summed E-state index contributed by atoms with van der Waals surface area (Å²) in [4.78, 5) is 24.5. The fraction of sp³-hybridized carbons (Fsp3) is 0.120. The van der Waals surface area contributed by atoms with Gasteiger partial charge in [-0.05, 0) is 36.6 Å². The molecule has 0 aliphatic carbocycles. The number of hydrogen-bond acceptors (Lipinski definition) is 4. The Morgan fingerprint density at radius 1 is 0.933 bits per heavy atom. The van der Waals surface area contributed by atoms with Crippen molar-refractivity contribution in [3.8, 4) is 16.9 Å². The summed E-state index contributed by atoms with van der Waals surface area (Å²) in [5.41, 5.74) is 3.99. The van der Waals surface area contributed by atoms with E-state index in [2.05, 4.69) is 0 Å². The van der Waals surface area contributed by atoms with E-state index in [1.54, 1.807) is 31.2 Å². The molecule has 0 bridgehead atoms. The number of halogens is 1. The zero-order valence-corrected chi connectivity index (χ0v) is 17.3. The van der Waals surface area contributed by atoms with Gasteiger partial charge in [0.05, 0.1) is 5.02 Å². The van der Waals surface area contributed by atoms with Crippen molar-refractivity contribution in [1.82, 2.24) is 0 Å². The molecule has 3 aromatic carbocycles. The normalized spacial score (nSPS) is 10.9. The van der Waals surface area contributed by atoms with E-state index in [-0.39, 0.29) is 12.4 Å². The molecule has 0 aliphatic rings. The second kappa shape index (κ2) is 8.17. The molecule has 1 heterocycles. The van der Waals surface area contributed by atoms with Crippen LogP contribution in [0.2, 0.25) is 5.02 Å². The third-order valence-electron chi connectivity index (χ3n) is 5.18. The molecule has 1 aromatic heterocycles. The van der Waals surface area contributed by atoms with Gasteiger partial charge in [0.25, 0.3) is 0 Å². The molecule has 0 amide bonds.